The summed E-state index contributed by atoms with van der Waals surface area (Å²) in [5, 5.41) is 0.229. The molecule has 0 saturated carbocycles. The van der Waals surface area contributed by atoms with Crippen LogP contribution >= 0.6 is 11.6 Å². The number of nitrogen functional groups attached to an aromatic ring is 1. The summed E-state index contributed by atoms with van der Waals surface area (Å²) >= 11 is 5.83. The summed E-state index contributed by atoms with van der Waals surface area (Å²) in [6.45, 7) is 2.42. The van der Waals surface area contributed by atoms with Gasteiger partial charge in [-0.25, -0.2) is 9.37 Å². The Morgan fingerprint density at radius 1 is 1.33 bits per heavy atom. The Labute approximate surface area is 109 Å². The van der Waals surface area contributed by atoms with Crippen molar-refractivity contribution < 1.29 is 4.39 Å². The molecule has 94 valence electrons. The zero-order valence-corrected chi connectivity index (χ0v) is 10.5. The van der Waals surface area contributed by atoms with Gasteiger partial charge in [0.25, 0.3) is 0 Å². The number of para-hydroxylation sites is 1. The molecule has 0 atom stereocenters. The molecule has 0 spiro atoms. The largest absolute Gasteiger partial charge is 0.368 e. The molecule has 0 aliphatic rings. The SMILES string of the molecule is CCN(c1cc(Cl)nc(N)n1)c1ccccc1F. The normalized spacial score (nSPS) is 10.4. The maximum absolute atomic E-state index is 13.8. The Hall–Kier alpha value is -1.88. The summed E-state index contributed by atoms with van der Waals surface area (Å²) in [5.41, 5.74) is 5.97. The van der Waals surface area contributed by atoms with Gasteiger partial charge in [0.2, 0.25) is 5.95 Å². The van der Waals surface area contributed by atoms with Gasteiger partial charge in [-0.3, -0.25) is 0 Å². The Morgan fingerprint density at radius 2 is 2.06 bits per heavy atom. The lowest BCUT2D eigenvalue weighted by molar-refractivity contribution is 0.625. The van der Waals surface area contributed by atoms with E-state index in [1.165, 1.54) is 6.07 Å². The van der Waals surface area contributed by atoms with Crippen molar-refractivity contribution in [3.63, 3.8) is 0 Å². The van der Waals surface area contributed by atoms with Crippen LogP contribution in [0.4, 0.5) is 21.8 Å². The van der Waals surface area contributed by atoms with E-state index in [2.05, 4.69) is 9.97 Å². The van der Waals surface area contributed by atoms with Crippen molar-refractivity contribution in [2.45, 2.75) is 6.92 Å². The van der Waals surface area contributed by atoms with Gasteiger partial charge in [0.05, 0.1) is 5.69 Å². The highest BCUT2D eigenvalue weighted by Crippen LogP contribution is 2.27. The van der Waals surface area contributed by atoms with Crippen LogP contribution < -0.4 is 10.6 Å². The van der Waals surface area contributed by atoms with Crippen LogP contribution in [0, 0.1) is 5.82 Å². The number of benzene rings is 1. The minimum Gasteiger partial charge on any atom is -0.368 e. The second kappa shape index (κ2) is 5.18. The predicted molar refractivity (Wildman–Crippen MR) is 70.5 cm³/mol. The van der Waals surface area contributed by atoms with E-state index in [9.17, 15) is 4.39 Å². The molecule has 0 bridgehead atoms. The number of anilines is 3. The molecular weight excluding hydrogens is 255 g/mol. The van der Waals surface area contributed by atoms with Gasteiger partial charge in [-0.1, -0.05) is 23.7 Å². The third kappa shape index (κ3) is 2.51. The molecule has 0 fully saturated rings. The van der Waals surface area contributed by atoms with Gasteiger partial charge in [0.15, 0.2) is 0 Å². The molecule has 6 heteroatoms. The first-order valence-corrected chi connectivity index (χ1v) is 5.81. The quantitative estimate of drug-likeness (QED) is 0.868. The summed E-state index contributed by atoms with van der Waals surface area (Å²) in [6, 6.07) is 8.00. The smallest absolute Gasteiger partial charge is 0.223 e. The topological polar surface area (TPSA) is 55.0 Å². The van der Waals surface area contributed by atoms with Crippen LogP contribution in [0.25, 0.3) is 0 Å². The van der Waals surface area contributed by atoms with Crippen molar-refractivity contribution in [3.05, 3.63) is 41.3 Å². The standard InChI is InChI=1S/C12H12ClFN4/c1-2-18(9-6-4-3-5-8(9)14)11-7-10(13)16-12(15)17-11/h3-7H,2H2,1H3,(H2,15,16,17). The average molecular weight is 267 g/mol. The van der Waals surface area contributed by atoms with E-state index >= 15 is 0 Å². The zero-order valence-electron chi connectivity index (χ0n) is 9.77. The first-order chi connectivity index (χ1) is 8.61. The minimum atomic E-state index is -0.326. The van der Waals surface area contributed by atoms with Gasteiger partial charge in [-0.15, -0.1) is 0 Å². The number of hydrogen-bond acceptors (Lipinski definition) is 4. The van der Waals surface area contributed by atoms with E-state index in [4.69, 9.17) is 17.3 Å². The van der Waals surface area contributed by atoms with Crippen molar-refractivity contribution in [3.8, 4) is 0 Å². The Kier molecular flexibility index (Phi) is 3.62. The maximum Gasteiger partial charge on any atom is 0.223 e. The van der Waals surface area contributed by atoms with E-state index in [-0.39, 0.29) is 16.9 Å². The highest BCUT2D eigenvalue weighted by Gasteiger charge is 2.14. The second-order valence-electron chi connectivity index (χ2n) is 3.60. The number of rotatable bonds is 3. The molecule has 18 heavy (non-hydrogen) atoms. The lowest BCUT2D eigenvalue weighted by Gasteiger charge is -2.22. The van der Waals surface area contributed by atoms with Crippen LogP contribution in [-0.4, -0.2) is 16.5 Å². The van der Waals surface area contributed by atoms with Crippen molar-refractivity contribution >= 4 is 29.1 Å². The molecular formula is C12H12ClFN4. The molecule has 0 aliphatic heterocycles. The average Bonchev–Trinajstić information content (AvgIpc) is 2.31. The third-order valence-electron chi connectivity index (χ3n) is 2.43. The highest BCUT2D eigenvalue weighted by atomic mass is 35.5. The van der Waals surface area contributed by atoms with Crippen LogP contribution in [-0.2, 0) is 0 Å². The van der Waals surface area contributed by atoms with E-state index in [0.717, 1.165) is 0 Å². The molecule has 2 aromatic rings. The fourth-order valence-electron chi connectivity index (χ4n) is 1.69. The van der Waals surface area contributed by atoms with Crippen LogP contribution in [0.5, 0.6) is 0 Å². The van der Waals surface area contributed by atoms with Crippen molar-refractivity contribution in [2.75, 3.05) is 17.2 Å². The monoisotopic (exact) mass is 266 g/mol. The summed E-state index contributed by atoms with van der Waals surface area (Å²) < 4.78 is 13.8. The number of nitrogens with two attached hydrogens (primary N) is 1. The highest BCUT2D eigenvalue weighted by molar-refractivity contribution is 6.29. The molecule has 0 aliphatic carbocycles. The zero-order chi connectivity index (χ0) is 13.1. The van der Waals surface area contributed by atoms with Crippen LogP contribution in [0.15, 0.2) is 30.3 Å². The summed E-state index contributed by atoms with van der Waals surface area (Å²) in [5.74, 6) is 0.208. The first-order valence-electron chi connectivity index (χ1n) is 5.44. The van der Waals surface area contributed by atoms with Gasteiger partial charge in [0.1, 0.15) is 16.8 Å². The van der Waals surface area contributed by atoms with E-state index in [1.807, 2.05) is 6.92 Å². The lowest BCUT2D eigenvalue weighted by Crippen LogP contribution is -2.19. The number of hydrogen-bond donors (Lipinski definition) is 1. The van der Waals surface area contributed by atoms with Crippen LogP contribution in [0.3, 0.4) is 0 Å². The van der Waals surface area contributed by atoms with Crippen molar-refractivity contribution in [1.82, 2.24) is 9.97 Å². The molecule has 2 N–H and O–H groups in total. The van der Waals surface area contributed by atoms with Gasteiger partial charge >= 0.3 is 0 Å². The van der Waals surface area contributed by atoms with Crippen molar-refractivity contribution in [2.24, 2.45) is 0 Å². The van der Waals surface area contributed by atoms with Gasteiger partial charge in [-0.2, -0.15) is 4.98 Å². The molecule has 4 nitrogen and oxygen atoms in total. The molecule has 1 heterocycles. The number of nitrogens with zero attached hydrogens (tertiary/aromatic N) is 3. The molecule has 1 aromatic heterocycles. The minimum absolute atomic E-state index is 0.0623. The van der Waals surface area contributed by atoms with E-state index < -0.39 is 0 Å². The Balaban J connectivity index is 2.48. The summed E-state index contributed by atoms with van der Waals surface area (Å²) in [6.07, 6.45) is 0. The fourth-order valence-corrected chi connectivity index (χ4v) is 1.87. The van der Waals surface area contributed by atoms with Gasteiger partial charge in [0, 0.05) is 12.6 Å². The molecule has 0 saturated heterocycles. The molecule has 0 unspecified atom stereocenters. The summed E-state index contributed by atoms with van der Waals surface area (Å²) in [7, 11) is 0. The van der Waals surface area contributed by atoms with Gasteiger partial charge < -0.3 is 10.6 Å². The molecule has 0 amide bonds. The predicted octanol–water partition coefficient (Wildman–Crippen LogP) is 3.01. The lowest BCUT2D eigenvalue weighted by atomic mass is 10.2. The first kappa shape index (κ1) is 12.6. The maximum atomic E-state index is 13.8. The fraction of sp³-hybridized carbons (Fsp3) is 0.167. The number of aromatic nitrogens is 2. The molecule has 1 aromatic carbocycles. The summed E-state index contributed by atoms with van der Waals surface area (Å²) in [4.78, 5) is 9.52. The van der Waals surface area contributed by atoms with E-state index in [1.54, 1.807) is 29.2 Å². The Bertz CT molecular complexity index is 541. The number of halogens is 2. The van der Waals surface area contributed by atoms with Crippen LogP contribution in [0.2, 0.25) is 5.15 Å². The second-order valence-corrected chi connectivity index (χ2v) is 3.99. The van der Waals surface area contributed by atoms with Crippen LogP contribution in [0.1, 0.15) is 6.92 Å². The van der Waals surface area contributed by atoms with Crippen molar-refractivity contribution in [1.29, 1.82) is 0 Å². The van der Waals surface area contributed by atoms with Gasteiger partial charge in [-0.05, 0) is 19.1 Å². The third-order valence-corrected chi connectivity index (χ3v) is 2.63. The molecule has 0 radical (unpaired) electrons. The Morgan fingerprint density at radius 3 is 2.67 bits per heavy atom. The van der Waals surface area contributed by atoms with E-state index in [0.29, 0.717) is 18.1 Å². The molecule has 2 rings (SSSR count).